The highest BCUT2D eigenvalue weighted by molar-refractivity contribution is 7.99. The van der Waals surface area contributed by atoms with Crippen LogP contribution in [0.1, 0.15) is 18.9 Å². The zero-order valence-electron chi connectivity index (χ0n) is 11.3. The molecule has 106 valence electrons. The van der Waals surface area contributed by atoms with Crippen molar-refractivity contribution in [2.45, 2.75) is 30.2 Å². The molecular formula is C14H15F2N3S. The van der Waals surface area contributed by atoms with Crippen LogP contribution in [0, 0.1) is 18.6 Å². The minimum atomic E-state index is -0.856. The number of nitrogens with one attached hydrogen (secondary N) is 1. The molecule has 3 nitrogen and oxygen atoms in total. The normalized spacial score (nSPS) is 10.6. The van der Waals surface area contributed by atoms with E-state index in [4.69, 9.17) is 0 Å². The summed E-state index contributed by atoms with van der Waals surface area (Å²) in [5.41, 5.74) is 0.891. The molecule has 0 atom stereocenters. The second kappa shape index (κ2) is 6.65. The zero-order chi connectivity index (χ0) is 14.5. The second-order valence-corrected chi connectivity index (χ2v) is 5.35. The Bertz CT molecular complexity index is 605. The predicted octanol–water partition coefficient (Wildman–Crippen LogP) is 4.04. The molecule has 0 aliphatic rings. The molecular weight excluding hydrogens is 280 g/mol. The van der Waals surface area contributed by atoms with Gasteiger partial charge in [-0.1, -0.05) is 18.7 Å². The summed E-state index contributed by atoms with van der Waals surface area (Å²) in [6, 6.07) is 3.81. The van der Waals surface area contributed by atoms with Crippen LogP contribution in [0.5, 0.6) is 0 Å². The summed E-state index contributed by atoms with van der Waals surface area (Å²) in [7, 11) is 0. The molecule has 1 aromatic heterocycles. The Kier molecular flexibility index (Phi) is 4.89. The van der Waals surface area contributed by atoms with E-state index in [0.29, 0.717) is 10.8 Å². The van der Waals surface area contributed by atoms with E-state index >= 15 is 0 Å². The lowest BCUT2D eigenvalue weighted by Gasteiger charge is -2.08. The largest absolute Gasteiger partial charge is 0.354 e. The van der Waals surface area contributed by atoms with Crippen molar-refractivity contribution in [1.82, 2.24) is 9.97 Å². The highest BCUT2D eigenvalue weighted by Crippen LogP contribution is 2.29. The molecule has 1 heterocycles. The van der Waals surface area contributed by atoms with Crippen molar-refractivity contribution in [3.05, 3.63) is 41.6 Å². The molecule has 0 spiro atoms. The number of benzene rings is 1. The fourth-order valence-electron chi connectivity index (χ4n) is 1.50. The van der Waals surface area contributed by atoms with Crippen LogP contribution in [-0.2, 0) is 0 Å². The van der Waals surface area contributed by atoms with Crippen LogP contribution in [0.25, 0.3) is 0 Å². The Morgan fingerprint density at radius 3 is 2.75 bits per heavy atom. The molecule has 0 bridgehead atoms. The fourth-order valence-corrected chi connectivity index (χ4v) is 2.37. The summed E-state index contributed by atoms with van der Waals surface area (Å²) in [5, 5.41) is 3.83. The van der Waals surface area contributed by atoms with Crippen molar-refractivity contribution < 1.29 is 8.78 Å². The third-order valence-corrected chi connectivity index (χ3v) is 3.66. The van der Waals surface area contributed by atoms with Crippen LogP contribution in [0.2, 0.25) is 0 Å². The van der Waals surface area contributed by atoms with E-state index < -0.39 is 11.6 Å². The van der Waals surface area contributed by atoms with Crippen molar-refractivity contribution in [3.8, 4) is 0 Å². The standard InChI is InChI=1S/C14H15F2N3S/c1-3-6-17-14-18-8-9(2)13(19-14)20-10-4-5-11(15)12(16)7-10/h4-5,7-8H,3,6H2,1-2H3,(H,17,18,19). The Balaban J connectivity index is 2.20. The van der Waals surface area contributed by atoms with Gasteiger partial charge in [0.1, 0.15) is 5.03 Å². The number of hydrogen-bond donors (Lipinski definition) is 1. The highest BCUT2D eigenvalue weighted by Gasteiger charge is 2.08. The number of aromatic nitrogens is 2. The van der Waals surface area contributed by atoms with Gasteiger partial charge in [0.25, 0.3) is 0 Å². The highest BCUT2D eigenvalue weighted by atomic mass is 32.2. The van der Waals surface area contributed by atoms with Crippen LogP contribution in [-0.4, -0.2) is 16.5 Å². The third kappa shape index (κ3) is 3.66. The molecule has 0 saturated carbocycles. The van der Waals surface area contributed by atoms with Crippen LogP contribution < -0.4 is 5.32 Å². The van der Waals surface area contributed by atoms with Crippen molar-refractivity contribution in [2.24, 2.45) is 0 Å². The van der Waals surface area contributed by atoms with Gasteiger partial charge in [-0.2, -0.15) is 0 Å². The molecule has 0 saturated heterocycles. The number of rotatable bonds is 5. The van der Waals surface area contributed by atoms with Gasteiger partial charge in [-0.15, -0.1) is 0 Å². The maximum Gasteiger partial charge on any atom is 0.223 e. The van der Waals surface area contributed by atoms with E-state index in [0.717, 1.165) is 29.6 Å². The minimum Gasteiger partial charge on any atom is -0.354 e. The molecule has 2 rings (SSSR count). The molecule has 20 heavy (non-hydrogen) atoms. The fraction of sp³-hybridized carbons (Fsp3) is 0.286. The van der Waals surface area contributed by atoms with Gasteiger partial charge < -0.3 is 5.32 Å². The summed E-state index contributed by atoms with van der Waals surface area (Å²) in [5.74, 6) is -1.16. The summed E-state index contributed by atoms with van der Waals surface area (Å²) < 4.78 is 26.1. The predicted molar refractivity (Wildman–Crippen MR) is 76.0 cm³/mol. The van der Waals surface area contributed by atoms with Gasteiger partial charge in [-0.3, -0.25) is 0 Å². The quantitative estimate of drug-likeness (QED) is 0.845. The average molecular weight is 295 g/mol. The van der Waals surface area contributed by atoms with Gasteiger partial charge in [0.15, 0.2) is 11.6 Å². The molecule has 0 aliphatic carbocycles. The lowest BCUT2D eigenvalue weighted by atomic mass is 10.3. The number of nitrogens with zero attached hydrogens (tertiary/aromatic N) is 2. The molecule has 0 aliphatic heterocycles. The first-order chi connectivity index (χ1) is 9.60. The van der Waals surface area contributed by atoms with Gasteiger partial charge in [0.05, 0.1) is 0 Å². The monoisotopic (exact) mass is 295 g/mol. The second-order valence-electron chi connectivity index (χ2n) is 4.29. The molecule has 0 radical (unpaired) electrons. The molecule has 0 unspecified atom stereocenters. The molecule has 1 aromatic carbocycles. The van der Waals surface area contributed by atoms with Crippen molar-refractivity contribution >= 4 is 17.7 Å². The van der Waals surface area contributed by atoms with Crippen LogP contribution in [0.3, 0.4) is 0 Å². The number of hydrogen-bond acceptors (Lipinski definition) is 4. The van der Waals surface area contributed by atoms with E-state index in [9.17, 15) is 8.78 Å². The zero-order valence-corrected chi connectivity index (χ0v) is 12.1. The van der Waals surface area contributed by atoms with Crippen LogP contribution in [0.15, 0.2) is 34.3 Å². The van der Waals surface area contributed by atoms with Gasteiger partial charge >= 0.3 is 0 Å². The smallest absolute Gasteiger partial charge is 0.223 e. The Morgan fingerprint density at radius 1 is 1.25 bits per heavy atom. The molecule has 2 aromatic rings. The maximum atomic E-state index is 13.2. The van der Waals surface area contributed by atoms with E-state index in [-0.39, 0.29) is 0 Å². The Labute approximate surface area is 120 Å². The summed E-state index contributed by atoms with van der Waals surface area (Å²) in [4.78, 5) is 9.17. The third-order valence-electron chi connectivity index (χ3n) is 2.56. The Hall–Kier alpha value is -1.69. The first-order valence-corrected chi connectivity index (χ1v) is 7.12. The van der Waals surface area contributed by atoms with Crippen molar-refractivity contribution in [3.63, 3.8) is 0 Å². The van der Waals surface area contributed by atoms with Crippen LogP contribution in [0.4, 0.5) is 14.7 Å². The number of aryl methyl sites for hydroxylation is 1. The molecule has 1 N–H and O–H groups in total. The number of anilines is 1. The first-order valence-electron chi connectivity index (χ1n) is 6.30. The van der Waals surface area contributed by atoms with E-state index in [2.05, 4.69) is 22.2 Å². The Morgan fingerprint density at radius 2 is 2.05 bits per heavy atom. The van der Waals surface area contributed by atoms with E-state index in [1.807, 2.05) is 6.92 Å². The summed E-state index contributed by atoms with van der Waals surface area (Å²) in [6.07, 6.45) is 2.69. The van der Waals surface area contributed by atoms with Gasteiger partial charge in [-0.25, -0.2) is 18.7 Å². The summed E-state index contributed by atoms with van der Waals surface area (Å²) >= 11 is 1.29. The van der Waals surface area contributed by atoms with E-state index in [1.165, 1.54) is 23.9 Å². The lowest BCUT2D eigenvalue weighted by molar-refractivity contribution is 0.506. The van der Waals surface area contributed by atoms with Gasteiger partial charge in [-0.05, 0) is 31.5 Å². The van der Waals surface area contributed by atoms with Crippen LogP contribution >= 0.6 is 11.8 Å². The SMILES string of the molecule is CCCNc1ncc(C)c(Sc2ccc(F)c(F)c2)n1. The van der Waals surface area contributed by atoms with Gasteiger partial charge in [0, 0.05) is 23.2 Å². The number of halogens is 2. The first kappa shape index (κ1) is 14.7. The topological polar surface area (TPSA) is 37.8 Å². The maximum absolute atomic E-state index is 13.2. The molecule has 0 amide bonds. The average Bonchev–Trinajstić information content (AvgIpc) is 2.44. The molecule has 0 fully saturated rings. The van der Waals surface area contributed by atoms with Crippen molar-refractivity contribution in [2.75, 3.05) is 11.9 Å². The minimum absolute atomic E-state index is 0.544. The van der Waals surface area contributed by atoms with E-state index in [1.54, 1.807) is 6.20 Å². The van der Waals surface area contributed by atoms with Gasteiger partial charge in [0.2, 0.25) is 5.95 Å². The lowest BCUT2D eigenvalue weighted by Crippen LogP contribution is -2.05. The van der Waals surface area contributed by atoms with Crippen molar-refractivity contribution in [1.29, 1.82) is 0 Å². The molecule has 6 heteroatoms. The summed E-state index contributed by atoms with van der Waals surface area (Å²) in [6.45, 7) is 4.72.